The van der Waals surface area contributed by atoms with Crippen LogP contribution in [0.3, 0.4) is 0 Å². The van der Waals surface area contributed by atoms with Crippen molar-refractivity contribution in [2.45, 2.75) is 4.90 Å². The van der Waals surface area contributed by atoms with E-state index < -0.39 is 17.6 Å². The predicted octanol–water partition coefficient (Wildman–Crippen LogP) is 5.18. The number of thioether (sulfide) groups is 1. The minimum absolute atomic E-state index is 0.139. The Morgan fingerprint density at radius 1 is 0.735 bits per heavy atom. The van der Waals surface area contributed by atoms with E-state index in [2.05, 4.69) is 17.0 Å². The first-order chi connectivity index (χ1) is 16.5. The number of hydrogen-bond donors (Lipinski definition) is 0. The first kappa shape index (κ1) is 22.5. The topological polar surface area (TPSA) is 43.9 Å². The fourth-order valence-corrected chi connectivity index (χ4v) is 5.36. The standard InChI is InChI=1S/C26H21ClFN3O2S/c27-21-17-19(11-12-22(21)28)31-25(32)23(24(26(31)33)34-20-9-5-2-6-10-20)30-15-13-29(14-16-30)18-7-3-1-4-8-18/h1-12,17H,13-16H2. The number of nitrogens with zero attached hydrogens (tertiary/aromatic N) is 3. The van der Waals surface area contributed by atoms with Crippen LogP contribution in [-0.4, -0.2) is 42.9 Å². The number of rotatable bonds is 5. The quantitative estimate of drug-likeness (QED) is 0.458. The van der Waals surface area contributed by atoms with Gasteiger partial charge in [-0.2, -0.15) is 0 Å². The largest absolute Gasteiger partial charge is 0.368 e. The SMILES string of the molecule is O=C1C(Sc2ccccc2)=C(N2CCN(c3ccccc3)CC2)C(=O)N1c1ccc(F)c(Cl)c1. The number of carbonyl (C=O) groups excluding carboxylic acids is 2. The zero-order chi connectivity index (χ0) is 23.7. The molecule has 0 unspecified atom stereocenters. The Balaban J connectivity index is 1.46. The molecule has 0 atom stereocenters. The Hall–Kier alpha value is -3.29. The number of carbonyl (C=O) groups is 2. The van der Waals surface area contributed by atoms with Crippen LogP contribution in [0.5, 0.6) is 0 Å². The molecule has 172 valence electrons. The number of benzene rings is 3. The van der Waals surface area contributed by atoms with Crippen LogP contribution >= 0.6 is 23.4 Å². The third-order valence-corrected chi connectivity index (χ3v) is 7.23. The molecule has 0 N–H and O–H groups in total. The second-order valence-electron chi connectivity index (χ2n) is 7.95. The van der Waals surface area contributed by atoms with Crippen molar-refractivity contribution in [1.29, 1.82) is 0 Å². The molecule has 0 spiro atoms. The van der Waals surface area contributed by atoms with Crippen LogP contribution in [0, 0.1) is 5.82 Å². The van der Waals surface area contributed by atoms with Gasteiger partial charge < -0.3 is 9.80 Å². The maximum Gasteiger partial charge on any atom is 0.283 e. The van der Waals surface area contributed by atoms with Crippen LogP contribution < -0.4 is 9.80 Å². The van der Waals surface area contributed by atoms with Crippen molar-refractivity contribution in [2.24, 2.45) is 0 Å². The Kier molecular flexibility index (Phi) is 6.30. The Bertz CT molecular complexity index is 1260. The van der Waals surface area contributed by atoms with Crippen molar-refractivity contribution >= 4 is 46.6 Å². The highest BCUT2D eigenvalue weighted by atomic mass is 35.5. The van der Waals surface area contributed by atoms with Crippen LogP contribution in [0.15, 0.2) is 94.4 Å². The van der Waals surface area contributed by atoms with E-state index in [0.717, 1.165) is 28.6 Å². The van der Waals surface area contributed by atoms with Crippen molar-refractivity contribution in [3.63, 3.8) is 0 Å². The number of para-hydroxylation sites is 1. The number of hydrogen-bond acceptors (Lipinski definition) is 5. The van der Waals surface area contributed by atoms with Gasteiger partial charge in [0, 0.05) is 36.8 Å². The van der Waals surface area contributed by atoms with Gasteiger partial charge in [-0.25, -0.2) is 9.29 Å². The molecule has 0 bridgehead atoms. The van der Waals surface area contributed by atoms with Crippen molar-refractivity contribution < 1.29 is 14.0 Å². The molecule has 1 saturated heterocycles. The highest BCUT2D eigenvalue weighted by molar-refractivity contribution is 8.04. The summed E-state index contributed by atoms with van der Waals surface area (Å²) in [5, 5.41) is -0.139. The Morgan fingerprint density at radius 3 is 2.00 bits per heavy atom. The summed E-state index contributed by atoms with van der Waals surface area (Å²) < 4.78 is 13.7. The highest BCUT2D eigenvalue weighted by Gasteiger charge is 2.43. The average molecular weight is 494 g/mol. The molecular weight excluding hydrogens is 473 g/mol. The first-order valence-electron chi connectivity index (χ1n) is 10.9. The van der Waals surface area contributed by atoms with Crippen molar-refractivity contribution in [2.75, 3.05) is 36.0 Å². The van der Waals surface area contributed by atoms with Gasteiger partial charge in [-0.15, -0.1) is 0 Å². The van der Waals surface area contributed by atoms with Crippen LogP contribution in [0.25, 0.3) is 0 Å². The average Bonchev–Trinajstić information content (AvgIpc) is 3.11. The first-order valence-corrected chi connectivity index (χ1v) is 12.1. The second kappa shape index (κ2) is 9.52. The molecule has 3 aromatic carbocycles. The van der Waals surface area contributed by atoms with E-state index in [-0.39, 0.29) is 10.7 Å². The van der Waals surface area contributed by atoms with Crippen LogP contribution in [0.1, 0.15) is 0 Å². The van der Waals surface area contributed by atoms with Crippen molar-refractivity contribution in [3.8, 4) is 0 Å². The van der Waals surface area contributed by atoms with E-state index in [4.69, 9.17) is 11.6 Å². The summed E-state index contributed by atoms with van der Waals surface area (Å²) in [6, 6.07) is 23.5. The predicted molar refractivity (Wildman–Crippen MR) is 133 cm³/mol. The molecule has 5 nitrogen and oxygen atoms in total. The molecule has 5 rings (SSSR count). The molecule has 0 radical (unpaired) electrons. The van der Waals surface area contributed by atoms with E-state index in [1.165, 1.54) is 30.0 Å². The lowest BCUT2D eigenvalue weighted by Gasteiger charge is -2.37. The fraction of sp³-hybridized carbons (Fsp3) is 0.154. The van der Waals surface area contributed by atoms with Crippen LogP contribution in [0.2, 0.25) is 5.02 Å². The van der Waals surface area contributed by atoms with Gasteiger partial charge in [0.05, 0.1) is 10.7 Å². The Labute approximate surface area is 206 Å². The minimum Gasteiger partial charge on any atom is -0.368 e. The number of amides is 2. The third-order valence-electron chi connectivity index (χ3n) is 5.86. The number of piperazine rings is 1. The van der Waals surface area contributed by atoms with Crippen molar-refractivity contribution in [3.05, 3.63) is 100 Å². The van der Waals surface area contributed by atoms with E-state index in [1.54, 1.807) is 0 Å². The van der Waals surface area contributed by atoms with Gasteiger partial charge in [-0.1, -0.05) is 59.8 Å². The summed E-state index contributed by atoms with van der Waals surface area (Å²) in [5.41, 5.74) is 1.77. The molecule has 0 aromatic heterocycles. The van der Waals surface area contributed by atoms with Gasteiger partial charge in [0.25, 0.3) is 11.8 Å². The van der Waals surface area contributed by atoms with Gasteiger partial charge in [0.15, 0.2) is 0 Å². The van der Waals surface area contributed by atoms with E-state index in [0.29, 0.717) is 23.7 Å². The number of halogens is 2. The lowest BCUT2D eigenvalue weighted by Crippen LogP contribution is -2.47. The van der Waals surface area contributed by atoms with Crippen LogP contribution in [0.4, 0.5) is 15.8 Å². The smallest absolute Gasteiger partial charge is 0.283 e. The minimum atomic E-state index is -0.603. The van der Waals surface area contributed by atoms with E-state index in [1.807, 2.05) is 53.4 Å². The van der Waals surface area contributed by atoms with E-state index in [9.17, 15) is 14.0 Å². The summed E-state index contributed by atoms with van der Waals surface area (Å²) in [4.78, 5) is 33.7. The third kappa shape index (κ3) is 4.29. The maximum atomic E-state index is 13.7. The second-order valence-corrected chi connectivity index (χ2v) is 9.44. The molecule has 0 aliphatic carbocycles. The summed E-state index contributed by atoms with van der Waals surface area (Å²) in [7, 11) is 0. The van der Waals surface area contributed by atoms with Crippen LogP contribution in [-0.2, 0) is 9.59 Å². The molecule has 2 aliphatic rings. The molecule has 0 saturated carbocycles. The molecule has 1 fully saturated rings. The lowest BCUT2D eigenvalue weighted by atomic mass is 10.2. The molecule has 2 heterocycles. The number of anilines is 2. The summed E-state index contributed by atoms with van der Waals surface area (Å²) in [6.07, 6.45) is 0. The summed E-state index contributed by atoms with van der Waals surface area (Å²) >= 11 is 7.23. The molecule has 2 amide bonds. The summed E-state index contributed by atoms with van der Waals surface area (Å²) in [6.45, 7) is 2.64. The molecule has 3 aromatic rings. The van der Waals surface area contributed by atoms with Crippen molar-refractivity contribution in [1.82, 2.24) is 4.90 Å². The lowest BCUT2D eigenvalue weighted by molar-refractivity contribution is -0.121. The van der Waals surface area contributed by atoms with Gasteiger partial charge in [0.1, 0.15) is 16.4 Å². The molecule has 8 heteroatoms. The number of imide groups is 1. The van der Waals surface area contributed by atoms with Gasteiger partial charge in [0.2, 0.25) is 0 Å². The monoisotopic (exact) mass is 493 g/mol. The van der Waals surface area contributed by atoms with Gasteiger partial charge in [-0.3, -0.25) is 9.59 Å². The summed E-state index contributed by atoms with van der Waals surface area (Å²) in [5.74, 6) is -1.45. The normalized spacial score (nSPS) is 16.6. The van der Waals surface area contributed by atoms with E-state index >= 15 is 0 Å². The Morgan fingerprint density at radius 2 is 1.35 bits per heavy atom. The molecule has 34 heavy (non-hydrogen) atoms. The maximum absolute atomic E-state index is 13.7. The van der Waals surface area contributed by atoms with Gasteiger partial charge >= 0.3 is 0 Å². The zero-order valence-corrected chi connectivity index (χ0v) is 19.7. The molecule has 2 aliphatic heterocycles. The molecular formula is C26H21ClFN3O2S. The fourth-order valence-electron chi connectivity index (χ4n) is 4.16. The van der Waals surface area contributed by atoms with Gasteiger partial charge in [-0.05, 0) is 42.5 Å². The highest BCUT2D eigenvalue weighted by Crippen LogP contribution is 2.39. The zero-order valence-electron chi connectivity index (χ0n) is 18.2.